The average molecular weight is 319 g/mol. The van der Waals surface area contributed by atoms with Crippen LogP contribution >= 0.6 is 0 Å². The minimum atomic E-state index is -0.793. The zero-order chi connectivity index (χ0) is 16.7. The molecule has 0 aliphatic heterocycles. The van der Waals surface area contributed by atoms with E-state index in [9.17, 15) is 9.18 Å². The van der Waals surface area contributed by atoms with Gasteiger partial charge in [-0.1, -0.05) is 6.42 Å². The number of aryl methyl sites for hydroxylation is 1. The summed E-state index contributed by atoms with van der Waals surface area (Å²) in [5, 5.41) is 15.9. The van der Waals surface area contributed by atoms with Gasteiger partial charge in [-0.2, -0.15) is 5.10 Å². The van der Waals surface area contributed by atoms with Gasteiger partial charge in [0.1, 0.15) is 5.82 Å². The highest BCUT2D eigenvalue weighted by Crippen LogP contribution is 2.18. The van der Waals surface area contributed by atoms with Gasteiger partial charge < -0.3 is 5.11 Å². The van der Waals surface area contributed by atoms with Crippen molar-refractivity contribution in [2.45, 2.75) is 25.7 Å². The zero-order valence-corrected chi connectivity index (χ0v) is 13.3. The molecule has 6 heteroatoms. The Kier molecular flexibility index (Phi) is 6.29. The lowest BCUT2D eigenvalue weighted by Gasteiger charge is -2.12. The van der Waals surface area contributed by atoms with Crippen LogP contribution in [-0.2, 0) is 11.2 Å². The summed E-state index contributed by atoms with van der Waals surface area (Å²) in [4.78, 5) is 12.4. The molecule has 0 unspecified atom stereocenters. The average Bonchev–Trinajstić information content (AvgIpc) is 2.95. The van der Waals surface area contributed by atoms with E-state index in [0.29, 0.717) is 0 Å². The van der Waals surface area contributed by atoms with Crippen LogP contribution < -0.4 is 0 Å². The molecule has 1 heterocycles. The number of aliphatic carboxylic acids is 1. The molecular weight excluding hydrogens is 297 g/mol. The second-order valence-corrected chi connectivity index (χ2v) is 5.73. The van der Waals surface area contributed by atoms with Gasteiger partial charge in [0, 0.05) is 11.3 Å². The van der Waals surface area contributed by atoms with Crippen LogP contribution in [0.5, 0.6) is 0 Å². The number of carboxylic acids is 1. The number of nitrogens with one attached hydrogen (secondary N) is 1. The molecule has 0 amide bonds. The van der Waals surface area contributed by atoms with Crippen LogP contribution in [0, 0.1) is 5.82 Å². The molecule has 0 aliphatic rings. The van der Waals surface area contributed by atoms with Crippen LogP contribution in [0.25, 0.3) is 11.3 Å². The minimum absolute atomic E-state index is 0.0849. The van der Waals surface area contributed by atoms with Gasteiger partial charge in [0.15, 0.2) is 0 Å². The molecule has 1 aromatic carbocycles. The van der Waals surface area contributed by atoms with Crippen molar-refractivity contribution in [2.75, 3.05) is 20.1 Å². The summed E-state index contributed by atoms with van der Waals surface area (Å²) < 4.78 is 12.9. The molecule has 124 valence electrons. The molecule has 23 heavy (non-hydrogen) atoms. The van der Waals surface area contributed by atoms with E-state index in [4.69, 9.17) is 5.11 Å². The maximum Gasteiger partial charge on any atom is 0.317 e. The number of halogens is 1. The number of hydrogen-bond acceptors (Lipinski definition) is 3. The highest BCUT2D eigenvalue weighted by atomic mass is 19.1. The predicted molar refractivity (Wildman–Crippen MR) is 86.7 cm³/mol. The molecule has 2 rings (SSSR count). The highest BCUT2D eigenvalue weighted by Gasteiger charge is 2.05. The Morgan fingerprint density at radius 2 is 2.00 bits per heavy atom. The van der Waals surface area contributed by atoms with E-state index >= 15 is 0 Å². The van der Waals surface area contributed by atoms with Crippen LogP contribution in [-0.4, -0.2) is 46.3 Å². The molecule has 0 aliphatic carbocycles. The first-order valence-electron chi connectivity index (χ1n) is 7.75. The number of carbonyl (C=O) groups is 1. The van der Waals surface area contributed by atoms with E-state index in [1.54, 1.807) is 12.1 Å². The summed E-state index contributed by atoms with van der Waals surface area (Å²) in [6.45, 7) is 0.873. The standard InChI is InChI=1S/C17H22FN3O2/c1-21(12-17(22)23)10-4-2-3-5-15-11-16(20-19-15)13-6-8-14(18)9-7-13/h6-9,11H,2-5,10,12H2,1H3,(H,19,20)(H,22,23). The largest absolute Gasteiger partial charge is 0.480 e. The first-order valence-corrected chi connectivity index (χ1v) is 7.75. The third-order valence-electron chi connectivity index (χ3n) is 3.66. The van der Waals surface area contributed by atoms with Crippen molar-refractivity contribution in [3.8, 4) is 11.3 Å². The Bertz CT molecular complexity index is 625. The number of benzene rings is 1. The van der Waals surface area contributed by atoms with Crippen LogP contribution in [0.4, 0.5) is 4.39 Å². The van der Waals surface area contributed by atoms with E-state index < -0.39 is 5.97 Å². The lowest BCUT2D eigenvalue weighted by atomic mass is 10.1. The monoisotopic (exact) mass is 319 g/mol. The summed E-state index contributed by atoms with van der Waals surface area (Å²) in [6, 6.07) is 8.28. The Balaban J connectivity index is 1.71. The Morgan fingerprint density at radius 1 is 1.26 bits per heavy atom. The molecule has 2 aromatic rings. The van der Waals surface area contributed by atoms with Gasteiger partial charge in [-0.3, -0.25) is 14.8 Å². The van der Waals surface area contributed by atoms with E-state index in [0.717, 1.165) is 49.2 Å². The highest BCUT2D eigenvalue weighted by molar-refractivity contribution is 5.69. The first-order chi connectivity index (χ1) is 11.0. The molecule has 0 bridgehead atoms. The third kappa shape index (κ3) is 5.83. The fourth-order valence-electron chi connectivity index (χ4n) is 2.44. The van der Waals surface area contributed by atoms with Gasteiger partial charge in [-0.05, 0) is 63.2 Å². The summed E-state index contributed by atoms with van der Waals surface area (Å²) >= 11 is 0. The summed E-state index contributed by atoms with van der Waals surface area (Å²) in [5.74, 6) is -1.05. The van der Waals surface area contributed by atoms with Gasteiger partial charge in [0.05, 0.1) is 12.2 Å². The second-order valence-electron chi connectivity index (χ2n) is 5.73. The van der Waals surface area contributed by atoms with Crippen LogP contribution in [0.3, 0.4) is 0 Å². The first kappa shape index (κ1) is 17.1. The molecule has 0 radical (unpaired) electrons. The molecule has 2 N–H and O–H groups in total. The number of H-pyrrole nitrogens is 1. The summed E-state index contributed by atoms with van der Waals surface area (Å²) in [6.07, 6.45) is 3.93. The number of aromatic nitrogens is 2. The van der Waals surface area contributed by atoms with E-state index in [1.807, 2.05) is 18.0 Å². The quantitative estimate of drug-likeness (QED) is 0.697. The summed E-state index contributed by atoms with van der Waals surface area (Å²) in [7, 11) is 1.82. The Labute approximate surface area is 135 Å². The van der Waals surface area contributed by atoms with Gasteiger partial charge in [-0.15, -0.1) is 0 Å². The Hall–Kier alpha value is -2.21. The number of carboxylic acid groups (broad SMARTS) is 1. The lowest BCUT2D eigenvalue weighted by molar-refractivity contribution is -0.137. The number of hydrogen-bond donors (Lipinski definition) is 2. The van der Waals surface area contributed by atoms with Crippen molar-refractivity contribution < 1.29 is 14.3 Å². The normalized spacial score (nSPS) is 11.1. The molecule has 0 fully saturated rings. The van der Waals surface area contributed by atoms with Crippen LogP contribution in [0.15, 0.2) is 30.3 Å². The lowest BCUT2D eigenvalue weighted by Crippen LogP contribution is -2.26. The fourth-order valence-corrected chi connectivity index (χ4v) is 2.44. The van der Waals surface area contributed by atoms with Crippen molar-refractivity contribution >= 4 is 5.97 Å². The SMILES string of the molecule is CN(CCCCCc1cc(-c2ccc(F)cc2)n[nH]1)CC(=O)O. The Morgan fingerprint density at radius 3 is 2.70 bits per heavy atom. The third-order valence-corrected chi connectivity index (χ3v) is 3.66. The molecule has 5 nitrogen and oxygen atoms in total. The van der Waals surface area contributed by atoms with Crippen molar-refractivity contribution in [1.82, 2.24) is 15.1 Å². The maximum absolute atomic E-state index is 12.9. The van der Waals surface area contributed by atoms with E-state index in [1.165, 1.54) is 12.1 Å². The molecule has 1 aromatic heterocycles. The van der Waals surface area contributed by atoms with E-state index in [2.05, 4.69) is 10.2 Å². The fraction of sp³-hybridized carbons (Fsp3) is 0.412. The minimum Gasteiger partial charge on any atom is -0.480 e. The maximum atomic E-state index is 12.9. The number of unbranched alkanes of at least 4 members (excludes halogenated alkanes) is 2. The topological polar surface area (TPSA) is 69.2 Å². The number of nitrogens with zero attached hydrogens (tertiary/aromatic N) is 2. The second kappa shape index (κ2) is 8.43. The molecule has 0 atom stereocenters. The van der Waals surface area contributed by atoms with Crippen LogP contribution in [0.2, 0.25) is 0 Å². The number of aromatic amines is 1. The van der Waals surface area contributed by atoms with Gasteiger partial charge in [0.25, 0.3) is 0 Å². The van der Waals surface area contributed by atoms with E-state index in [-0.39, 0.29) is 12.4 Å². The van der Waals surface area contributed by atoms with Gasteiger partial charge in [-0.25, -0.2) is 4.39 Å². The molecule has 0 saturated carbocycles. The molecule has 0 spiro atoms. The smallest absolute Gasteiger partial charge is 0.317 e. The van der Waals surface area contributed by atoms with Crippen molar-refractivity contribution in [2.24, 2.45) is 0 Å². The number of likely N-dealkylation sites (N-methyl/N-ethyl adjacent to an activating group) is 1. The zero-order valence-electron chi connectivity index (χ0n) is 13.3. The van der Waals surface area contributed by atoms with Crippen molar-refractivity contribution in [3.63, 3.8) is 0 Å². The molecular formula is C17H22FN3O2. The predicted octanol–water partition coefficient (Wildman–Crippen LogP) is 2.95. The summed E-state index contributed by atoms with van der Waals surface area (Å²) in [5.41, 5.74) is 2.77. The number of rotatable bonds is 9. The van der Waals surface area contributed by atoms with Crippen molar-refractivity contribution in [3.05, 3.63) is 41.8 Å². The van der Waals surface area contributed by atoms with Crippen molar-refractivity contribution in [1.29, 1.82) is 0 Å². The van der Waals surface area contributed by atoms with Gasteiger partial charge >= 0.3 is 5.97 Å². The molecule has 0 saturated heterocycles. The van der Waals surface area contributed by atoms with Crippen LogP contribution in [0.1, 0.15) is 25.0 Å². The van der Waals surface area contributed by atoms with Gasteiger partial charge in [0.2, 0.25) is 0 Å².